The van der Waals surface area contributed by atoms with Crippen molar-refractivity contribution in [1.29, 1.82) is 0 Å². The number of aryl methyl sites for hydroxylation is 1. The Morgan fingerprint density at radius 1 is 1.13 bits per heavy atom. The first-order valence-electron chi connectivity index (χ1n) is 10.6. The number of halogens is 1. The SMILES string of the molecule is CCCCN(CC)C(=O)c1cn(C)nc1S(=O)(=O)N1CCN(c2ccc(Cl)cc2)CC1. The number of anilines is 1. The van der Waals surface area contributed by atoms with E-state index in [4.69, 9.17) is 11.6 Å². The molecule has 1 aliphatic rings. The summed E-state index contributed by atoms with van der Waals surface area (Å²) in [7, 11) is -2.25. The number of sulfonamides is 1. The Bertz CT molecular complexity index is 999. The van der Waals surface area contributed by atoms with Crippen LogP contribution in [-0.4, -0.2) is 72.6 Å². The molecule has 0 N–H and O–H groups in total. The minimum absolute atomic E-state index is 0.139. The maximum atomic E-state index is 13.4. The Morgan fingerprint density at radius 2 is 1.77 bits per heavy atom. The third-order valence-electron chi connectivity index (χ3n) is 5.49. The summed E-state index contributed by atoms with van der Waals surface area (Å²) in [6.45, 7) is 6.82. The molecule has 0 unspecified atom stereocenters. The van der Waals surface area contributed by atoms with Gasteiger partial charge in [-0.05, 0) is 37.6 Å². The number of carbonyl (C=O) groups is 1. The van der Waals surface area contributed by atoms with Crippen LogP contribution in [0.5, 0.6) is 0 Å². The van der Waals surface area contributed by atoms with Crippen molar-refractivity contribution < 1.29 is 13.2 Å². The van der Waals surface area contributed by atoms with Crippen LogP contribution < -0.4 is 4.90 Å². The predicted octanol–water partition coefficient (Wildman–Crippen LogP) is 2.85. The second kappa shape index (κ2) is 10.0. The van der Waals surface area contributed by atoms with Gasteiger partial charge in [0.05, 0.1) is 5.56 Å². The summed E-state index contributed by atoms with van der Waals surface area (Å²) in [6.07, 6.45) is 3.34. The molecule has 8 nitrogen and oxygen atoms in total. The van der Waals surface area contributed by atoms with Gasteiger partial charge in [-0.15, -0.1) is 0 Å². The number of nitrogens with zero attached hydrogens (tertiary/aromatic N) is 5. The van der Waals surface area contributed by atoms with Crippen LogP contribution in [0.4, 0.5) is 5.69 Å². The first kappa shape index (κ1) is 23.6. The highest BCUT2D eigenvalue weighted by Gasteiger charge is 2.35. The van der Waals surface area contributed by atoms with Crippen molar-refractivity contribution in [2.24, 2.45) is 7.05 Å². The van der Waals surface area contributed by atoms with Crippen LogP contribution in [-0.2, 0) is 17.1 Å². The van der Waals surface area contributed by atoms with E-state index in [1.807, 2.05) is 31.2 Å². The summed E-state index contributed by atoms with van der Waals surface area (Å²) in [4.78, 5) is 16.9. The number of carbonyl (C=O) groups excluding carboxylic acids is 1. The predicted molar refractivity (Wildman–Crippen MR) is 122 cm³/mol. The molecule has 2 heterocycles. The van der Waals surface area contributed by atoms with E-state index in [-0.39, 0.29) is 16.5 Å². The van der Waals surface area contributed by atoms with Gasteiger partial charge >= 0.3 is 0 Å². The van der Waals surface area contributed by atoms with E-state index in [1.54, 1.807) is 11.9 Å². The van der Waals surface area contributed by atoms with Crippen molar-refractivity contribution >= 4 is 33.2 Å². The van der Waals surface area contributed by atoms with E-state index in [0.717, 1.165) is 18.5 Å². The number of aromatic nitrogens is 2. The van der Waals surface area contributed by atoms with Crippen LogP contribution >= 0.6 is 11.6 Å². The van der Waals surface area contributed by atoms with Gasteiger partial charge in [-0.1, -0.05) is 24.9 Å². The molecule has 31 heavy (non-hydrogen) atoms. The second-order valence-electron chi connectivity index (χ2n) is 7.63. The average molecular weight is 468 g/mol. The lowest BCUT2D eigenvalue weighted by atomic mass is 10.2. The van der Waals surface area contributed by atoms with Crippen molar-refractivity contribution in [2.75, 3.05) is 44.2 Å². The summed E-state index contributed by atoms with van der Waals surface area (Å²) < 4.78 is 29.6. The quantitative estimate of drug-likeness (QED) is 0.596. The van der Waals surface area contributed by atoms with E-state index in [9.17, 15) is 13.2 Å². The summed E-state index contributed by atoms with van der Waals surface area (Å²) in [5.41, 5.74) is 1.14. The molecule has 1 amide bonds. The summed E-state index contributed by atoms with van der Waals surface area (Å²) in [5, 5.41) is 4.68. The minimum atomic E-state index is -3.89. The van der Waals surface area contributed by atoms with E-state index >= 15 is 0 Å². The van der Waals surface area contributed by atoms with Gasteiger partial charge in [-0.3, -0.25) is 9.48 Å². The maximum Gasteiger partial charge on any atom is 0.263 e. The van der Waals surface area contributed by atoms with Gasteiger partial charge in [0.25, 0.3) is 15.9 Å². The highest BCUT2D eigenvalue weighted by molar-refractivity contribution is 7.89. The molecule has 1 fully saturated rings. The molecule has 0 atom stereocenters. The first-order valence-corrected chi connectivity index (χ1v) is 12.4. The van der Waals surface area contributed by atoms with Crippen LogP contribution in [0.25, 0.3) is 0 Å². The minimum Gasteiger partial charge on any atom is -0.369 e. The lowest BCUT2D eigenvalue weighted by Crippen LogP contribution is -2.49. The first-order chi connectivity index (χ1) is 14.8. The molecule has 3 rings (SSSR count). The van der Waals surface area contributed by atoms with Gasteiger partial charge in [0, 0.05) is 63.2 Å². The maximum absolute atomic E-state index is 13.4. The summed E-state index contributed by atoms with van der Waals surface area (Å²) in [6, 6.07) is 7.50. The lowest BCUT2D eigenvalue weighted by Gasteiger charge is -2.35. The third kappa shape index (κ3) is 5.22. The van der Waals surface area contributed by atoms with Gasteiger partial charge in [-0.2, -0.15) is 9.40 Å². The zero-order chi connectivity index (χ0) is 22.6. The molecule has 1 aromatic carbocycles. The van der Waals surface area contributed by atoms with Gasteiger partial charge in [0.15, 0.2) is 0 Å². The number of piperazine rings is 1. The Labute approximate surface area is 189 Å². The molecular weight excluding hydrogens is 438 g/mol. The van der Waals surface area contributed by atoms with Crippen molar-refractivity contribution in [1.82, 2.24) is 19.0 Å². The number of hydrogen-bond donors (Lipinski definition) is 0. The van der Waals surface area contributed by atoms with E-state index in [2.05, 4.69) is 16.9 Å². The van der Waals surface area contributed by atoms with E-state index in [0.29, 0.717) is 44.3 Å². The molecule has 0 spiro atoms. The van der Waals surface area contributed by atoms with Crippen molar-refractivity contribution in [2.45, 2.75) is 31.7 Å². The fourth-order valence-corrected chi connectivity index (χ4v) is 5.35. The van der Waals surface area contributed by atoms with Crippen LogP contribution in [0.3, 0.4) is 0 Å². The Balaban J connectivity index is 1.78. The molecule has 2 aromatic rings. The molecule has 0 bridgehead atoms. The normalized spacial score (nSPS) is 15.3. The average Bonchev–Trinajstić information content (AvgIpc) is 3.17. The van der Waals surface area contributed by atoms with Crippen molar-refractivity contribution in [3.05, 3.63) is 41.0 Å². The molecule has 1 aliphatic heterocycles. The Kier molecular flexibility index (Phi) is 7.61. The van der Waals surface area contributed by atoms with Gasteiger partial charge in [0.1, 0.15) is 0 Å². The zero-order valence-electron chi connectivity index (χ0n) is 18.3. The van der Waals surface area contributed by atoms with Crippen LogP contribution in [0, 0.1) is 0 Å². The lowest BCUT2D eigenvalue weighted by molar-refractivity contribution is 0.0758. The molecule has 10 heteroatoms. The number of amides is 1. The van der Waals surface area contributed by atoms with Gasteiger partial charge in [0.2, 0.25) is 5.03 Å². The fraction of sp³-hybridized carbons (Fsp3) is 0.524. The van der Waals surface area contributed by atoms with Crippen LogP contribution in [0.1, 0.15) is 37.0 Å². The number of unbranched alkanes of at least 4 members (excludes halogenated alkanes) is 1. The summed E-state index contributed by atoms with van der Waals surface area (Å²) >= 11 is 5.96. The van der Waals surface area contributed by atoms with E-state index < -0.39 is 10.0 Å². The topological polar surface area (TPSA) is 78.8 Å². The third-order valence-corrected chi connectivity index (χ3v) is 7.58. The van der Waals surface area contributed by atoms with Gasteiger partial charge < -0.3 is 9.80 Å². The standard InChI is InChI=1S/C21H30ClN5O3S/c1-4-6-11-25(5-2)21(28)19-16-24(3)23-20(19)31(29,30)27-14-12-26(13-15-27)18-9-7-17(22)8-10-18/h7-10,16H,4-6,11-15H2,1-3H3. The zero-order valence-corrected chi connectivity index (χ0v) is 19.9. The molecule has 1 saturated heterocycles. The smallest absolute Gasteiger partial charge is 0.263 e. The van der Waals surface area contributed by atoms with E-state index in [1.165, 1.54) is 15.2 Å². The fourth-order valence-electron chi connectivity index (χ4n) is 3.69. The molecule has 0 aliphatic carbocycles. The van der Waals surface area contributed by atoms with Crippen molar-refractivity contribution in [3.63, 3.8) is 0 Å². The number of hydrogen-bond acceptors (Lipinski definition) is 5. The highest BCUT2D eigenvalue weighted by atomic mass is 35.5. The molecule has 170 valence electrons. The van der Waals surface area contributed by atoms with Gasteiger partial charge in [-0.25, -0.2) is 8.42 Å². The molecule has 0 radical (unpaired) electrons. The van der Waals surface area contributed by atoms with Crippen molar-refractivity contribution in [3.8, 4) is 0 Å². The monoisotopic (exact) mass is 467 g/mol. The number of rotatable bonds is 8. The number of benzene rings is 1. The summed E-state index contributed by atoms with van der Waals surface area (Å²) in [5.74, 6) is -0.289. The molecule has 1 aromatic heterocycles. The van der Waals surface area contributed by atoms with Crippen LogP contribution in [0.15, 0.2) is 35.5 Å². The molecule has 0 saturated carbocycles. The highest BCUT2D eigenvalue weighted by Crippen LogP contribution is 2.24. The largest absolute Gasteiger partial charge is 0.369 e. The second-order valence-corrected chi connectivity index (χ2v) is 9.92. The Hall–Kier alpha value is -2.10. The molecular formula is C21H30ClN5O3S. The Morgan fingerprint density at radius 3 is 2.35 bits per heavy atom. The van der Waals surface area contributed by atoms with Crippen LogP contribution in [0.2, 0.25) is 5.02 Å².